The lowest BCUT2D eigenvalue weighted by atomic mass is 9.75. The van der Waals surface area contributed by atoms with Crippen LogP contribution in [0.3, 0.4) is 0 Å². The molecule has 1 amide bonds. The monoisotopic (exact) mass is 226 g/mol. The Morgan fingerprint density at radius 3 is 2.12 bits per heavy atom. The summed E-state index contributed by atoms with van der Waals surface area (Å²) < 4.78 is 0. The van der Waals surface area contributed by atoms with Crippen LogP contribution in [0.5, 0.6) is 0 Å². The minimum Gasteiger partial charge on any atom is -0.343 e. The number of carbonyl (C=O) groups is 1. The molecule has 1 aliphatic carbocycles. The summed E-state index contributed by atoms with van der Waals surface area (Å²) in [7, 11) is 0. The van der Waals surface area contributed by atoms with Crippen molar-refractivity contribution in [3.8, 4) is 0 Å². The molecule has 1 saturated carbocycles. The summed E-state index contributed by atoms with van der Waals surface area (Å²) in [5.74, 6) is 0.284. The van der Waals surface area contributed by atoms with Crippen LogP contribution in [0.1, 0.15) is 58.8 Å². The maximum absolute atomic E-state index is 11.9. The third-order valence-corrected chi connectivity index (χ3v) is 3.56. The molecule has 0 aromatic heterocycles. The summed E-state index contributed by atoms with van der Waals surface area (Å²) in [6.07, 6.45) is 7.46. The molecule has 94 valence electrons. The summed E-state index contributed by atoms with van der Waals surface area (Å²) in [6, 6.07) is 0. The van der Waals surface area contributed by atoms with E-state index in [0.29, 0.717) is 6.42 Å². The third-order valence-electron chi connectivity index (χ3n) is 3.56. The van der Waals surface area contributed by atoms with Crippen LogP contribution < -0.4 is 5.73 Å². The van der Waals surface area contributed by atoms with Gasteiger partial charge in [0.15, 0.2) is 0 Å². The van der Waals surface area contributed by atoms with Crippen LogP contribution in [0.25, 0.3) is 0 Å². The van der Waals surface area contributed by atoms with E-state index in [2.05, 4.69) is 0 Å². The van der Waals surface area contributed by atoms with Gasteiger partial charge in [0.1, 0.15) is 0 Å². The zero-order valence-electron chi connectivity index (χ0n) is 10.8. The quantitative estimate of drug-likeness (QED) is 0.785. The molecule has 2 aliphatic rings. The van der Waals surface area contributed by atoms with Crippen molar-refractivity contribution in [2.24, 2.45) is 5.73 Å². The largest absolute Gasteiger partial charge is 0.343 e. The Balaban J connectivity index is 0.000000606. The first-order valence-electron chi connectivity index (χ1n) is 6.76. The lowest BCUT2D eigenvalue weighted by Gasteiger charge is -2.39. The standard InChI is InChI=1S/C11H20N2O.C2H6/c12-11(5-4-6-11)9-10(14)13-7-2-1-3-8-13;1-2/h1-9,12H2;1-2H3. The van der Waals surface area contributed by atoms with E-state index in [-0.39, 0.29) is 11.4 Å². The fraction of sp³-hybridized carbons (Fsp3) is 0.923. The Labute approximate surface area is 99.4 Å². The molecule has 0 spiro atoms. The molecule has 0 unspecified atom stereocenters. The number of rotatable bonds is 2. The van der Waals surface area contributed by atoms with E-state index in [1.54, 1.807) is 0 Å². The second-order valence-corrected chi connectivity index (χ2v) is 4.83. The molecule has 1 heterocycles. The lowest BCUT2D eigenvalue weighted by Crippen LogP contribution is -2.51. The topological polar surface area (TPSA) is 46.3 Å². The van der Waals surface area contributed by atoms with Crippen LogP contribution in [-0.2, 0) is 4.79 Å². The summed E-state index contributed by atoms with van der Waals surface area (Å²) >= 11 is 0. The first-order valence-corrected chi connectivity index (χ1v) is 6.76. The second kappa shape index (κ2) is 6.24. The van der Waals surface area contributed by atoms with Gasteiger partial charge in [-0.2, -0.15) is 0 Å². The third kappa shape index (κ3) is 3.48. The Hall–Kier alpha value is -0.570. The van der Waals surface area contributed by atoms with Gasteiger partial charge < -0.3 is 10.6 Å². The van der Waals surface area contributed by atoms with Crippen molar-refractivity contribution in [3.05, 3.63) is 0 Å². The zero-order chi connectivity index (χ0) is 12.0. The van der Waals surface area contributed by atoms with Crippen molar-refractivity contribution in [1.82, 2.24) is 4.90 Å². The molecule has 2 N–H and O–H groups in total. The second-order valence-electron chi connectivity index (χ2n) is 4.83. The summed E-state index contributed by atoms with van der Waals surface area (Å²) in [5.41, 5.74) is 5.92. The minimum atomic E-state index is -0.144. The molecule has 0 atom stereocenters. The van der Waals surface area contributed by atoms with Gasteiger partial charge in [-0.1, -0.05) is 13.8 Å². The van der Waals surface area contributed by atoms with E-state index < -0.39 is 0 Å². The van der Waals surface area contributed by atoms with Crippen molar-refractivity contribution in [2.45, 2.75) is 64.3 Å². The Morgan fingerprint density at radius 1 is 1.12 bits per heavy atom. The summed E-state index contributed by atoms with van der Waals surface area (Å²) in [6.45, 7) is 5.91. The van der Waals surface area contributed by atoms with E-state index in [0.717, 1.165) is 25.9 Å². The van der Waals surface area contributed by atoms with Crippen LogP contribution in [0, 0.1) is 0 Å². The van der Waals surface area contributed by atoms with Gasteiger partial charge in [0.05, 0.1) is 0 Å². The van der Waals surface area contributed by atoms with Gasteiger partial charge in [-0.05, 0) is 38.5 Å². The van der Waals surface area contributed by atoms with Crippen LogP contribution in [0.2, 0.25) is 0 Å². The van der Waals surface area contributed by atoms with Gasteiger partial charge in [0.25, 0.3) is 0 Å². The maximum Gasteiger partial charge on any atom is 0.224 e. The van der Waals surface area contributed by atoms with Gasteiger partial charge >= 0.3 is 0 Å². The molecule has 3 heteroatoms. The number of carbonyl (C=O) groups excluding carboxylic acids is 1. The first-order chi connectivity index (χ1) is 7.70. The highest BCUT2D eigenvalue weighted by Gasteiger charge is 2.36. The molecule has 0 aromatic carbocycles. The highest BCUT2D eigenvalue weighted by Crippen LogP contribution is 2.32. The molecule has 2 rings (SSSR count). The average molecular weight is 226 g/mol. The fourth-order valence-electron chi connectivity index (χ4n) is 2.36. The van der Waals surface area contributed by atoms with Crippen molar-refractivity contribution in [3.63, 3.8) is 0 Å². The Morgan fingerprint density at radius 2 is 1.69 bits per heavy atom. The molecular formula is C13H26N2O. The van der Waals surface area contributed by atoms with E-state index in [1.165, 1.54) is 25.7 Å². The number of nitrogens with two attached hydrogens (primary N) is 1. The Bertz CT molecular complexity index is 218. The van der Waals surface area contributed by atoms with Crippen molar-refractivity contribution in [2.75, 3.05) is 13.1 Å². The van der Waals surface area contributed by atoms with Crippen LogP contribution in [0.4, 0.5) is 0 Å². The van der Waals surface area contributed by atoms with E-state index in [4.69, 9.17) is 5.73 Å². The molecular weight excluding hydrogens is 200 g/mol. The molecule has 0 bridgehead atoms. The van der Waals surface area contributed by atoms with Gasteiger partial charge in [-0.25, -0.2) is 0 Å². The Kier molecular flexibility index (Phi) is 5.26. The van der Waals surface area contributed by atoms with E-state index in [1.807, 2.05) is 18.7 Å². The molecule has 16 heavy (non-hydrogen) atoms. The van der Waals surface area contributed by atoms with Gasteiger partial charge in [0.2, 0.25) is 5.91 Å². The maximum atomic E-state index is 11.9. The number of nitrogens with zero attached hydrogens (tertiary/aromatic N) is 1. The van der Waals surface area contributed by atoms with Crippen molar-refractivity contribution in [1.29, 1.82) is 0 Å². The molecule has 0 radical (unpaired) electrons. The molecule has 3 nitrogen and oxygen atoms in total. The average Bonchev–Trinajstić information content (AvgIpc) is 2.31. The summed E-state index contributed by atoms with van der Waals surface area (Å²) in [4.78, 5) is 13.8. The van der Waals surface area contributed by atoms with Gasteiger partial charge in [-0.3, -0.25) is 4.79 Å². The number of amides is 1. The van der Waals surface area contributed by atoms with Gasteiger partial charge in [0, 0.05) is 25.0 Å². The smallest absolute Gasteiger partial charge is 0.224 e. The summed E-state index contributed by atoms with van der Waals surface area (Å²) in [5, 5.41) is 0. The molecule has 1 aliphatic heterocycles. The molecule has 1 saturated heterocycles. The van der Waals surface area contributed by atoms with E-state index in [9.17, 15) is 4.79 Å². The predicted octanol–water partition coefficient (Wildman–Crippen LogP) is 2.30. The van der Waals surface area contributed by atoms with Crippen LogP contribution >= 0.6 is 0 Å². The highest BCUT2D eigenvalue weighted by molar-refractivity contribution is 5.77. The van der Waals surface area contributed by atoms with Crippen molar-refractivity contribution >= 4 is 5.91 Å². The van der Waals surface area contributed by atoms with Gasteiger partial charge in [-0.15, -0.1) is 0 Å². The molecule has 0 aromatic rings. The zero-order valence-corrected chi connectivity index (χ0v) is 10.8. The number of hydrogen-bond acceptors (Lipinski definition) is 2. The highest BCUT2D eigenvalue weighted by atomic mass is 16.2. The normalized spacial score (nSPS) is 22.8. The van der Waals surface area contributed by atoms with Crippen LogP contribution in [-0.4, -0.2) is 29.4 Å². The lowest BCUT2D eigenvalue weighted by molar-refractivity contribution is -0.134. The molecule has 2 fully saturated rings. The SMILES string of the molecule is CC.NC1(CC(=O)N2CCCCC2)CCC1. The first kappa shape index (κ1) is 13.5. The van der Waals surface area contributed by atoms with Crippen molar-refractivity contribution < 1.29 is 4.79 Å². The predicted molar refractivity (Wildman–Crippen MR) is 67.2 cm³/mol. The van der Waals surface area contributed by atoms with E-state index >= 15 is 0 Å². The van der Waals surface area contributed by atoms with Crippen LogP contribution in [0.15, 0.2) is 0 Å². The number of hydrogen-bond donors (Lipinski definition) is 1. The number of piperidine rings is 1. The fourth-order valence-corrected chi connectivity index (χ4v) is 2.36. The number of likely N-dealkylation sites (tertiary alicyclic amines) is 1. The minimum absolute atomic E-state index is 0.144.